The van der Waals surface area contributed by atoms with E-state index in [-0.39, 0.29) is 23.5 Å². The summed E-state index contributed by atoms with van der Waals surface area (Å²) in [7, 11) is 1.96. The molecule has 0 aromatic carbocycles. The van der Waals surface area contributed by atoms with Crippen molar-refractivity contribution in [2.24, 2.45) is 0 Å². The van der Waals surface area contributed by atoms with Gasteiger partial charge in [0.2, 0.25) is 5.91 Å². The number of likely N-dealkylation sites (tertiary alicyclic amines) is 1. The molecule has 3 fully saturated rings. The molecule has 3 heterocycles. The number of hydrogen-bond donors (Lipinski definition) is 2. The highest BCUT2D eigenvalue weighted by atomic mass is 16.5. The summed E-state index contributed by atoms with van der Waals surface area (Å²) in [5.74, 6) is 0.00411. The van der Waals surface area contributed by atoms with Crippen LogP contribution in [0, 0.1) is 0 Å². The normalized spacial score (nSPS) is 26.6. The zero-order valence-electron chi connectivity index (χ0n) is 14.5. The van der Waals surface area contributed by atoms with Gasteiger partial charge in [-0.1, -0.05) is 12.8 Å². The molecule has 2 saturated heterocycles. The molecule has 8 nitrogen and oxygen atoms in total. The number of ether oxygens (including phenoxy) is 1. The lowest BCUT2D eigenvalue weighted by molar-refractivity contribution is -0.187. The van der Waals surface area contributed by atoms with Crippen molar-refractivity contribution in [3.63, 3.8) is 0 Å². The Morgan fingerprint density at radius 2 is 2.08 bits per heavy atom. The fraction of sp³-hybridized carbons (Fsp3) is 0.706. The van der Waals surface area contributed by atoms with Crippen LogP contribution in [-0.2, 0) is 9.53 Å². The lowest BCUT2D eigenvalue weighted by atomic mass is 9.90. The van der Waals surface area contributed by atoms with E-state index in [0.29, 0.717) is 38.0 Å². The number of aromatic nitrogens is 2. The summed E-state index contributed by atoms with van der Waals surface area (Å²) in [5, 5.41) is 9.66. The first-order chi connectivity index (χ1) is 12.1. The van der Waals surface area contributed by atoms with Crippen molar-refractivity contribution < 1.29 is 14.3 Å². The van der Waals surface area contributed by atoms with E-state index in [2.05, 4.69) is 20.4 Å². The van der Waals surface area contributed by atoms with Gasteiger partial charge in [0, 0.05) is 18.8 Å². The SMILES string of the molecule is CN1CC2(CN(C(=O)c3ccn[nH]3)C2)OC[C@H]1C(=O)NC1CCCC1. The Balaban J connectivity index is 1.30. The molecule has 2 N–H and O–H groups in total. The van der Waals surface area contributed by atoms with E-state index in [9.17, 15) is 9.59 Å². The predicted molar refractivity (Wildman–Crippen MR) is 90.0 cm³/mol. The predicted octanol–water partition coefficient (Wildman–Crippen LogP) is -0.00630. The molecule has 1 atom stereocenters. The van der Waals surface area contributed by atoms with Gasteiger partial charge in [0.15, 0.2) is 0 Å². The second-order valence-electron chi connectivity index (χ2n) is 7.55. The third-order valence-electron chi connectivity index (χ3n) is 5.60. The van der Waals surface area contributed by atoms with Crippen LogP contribution in [0.1, 0.15) is 36.2 Å². The lowest BCUT2D eigenvalue weighted by Crippen LogP contribution is -2.73. The van der Waals surface area contributed by atoms with Gasteiger partial charge in [-0.05, 0) is 26.0 Å². The quantitative estimate of drug-likeness (QED) is 0.803. The molecule has 0 unspecified atom stereocenters. The highest BCUT2D eigenvalue weighted by Crippen LogP contribution is 2.31. The van der Waals surface area contributed by atoms with Crippen molar-refractivity contribution in [2.75, 3.05) is 33.3 Å². The number of H-pyrrole nitrogens is 1. The Bertz CT molecular complexity index is 635. The van der Waals surface area contributed by atoms with Gasteiger partial charge in [0.25, 0.3) is 5.91 Å². The van der Waals surface area contributed by atoms with Crippen LogP contribution >= 0.6 is 0 Å². The van der Waals surface area contributed by atoms with E-state index in [1.165, 1.54) is 12.8 Å². The van der Waals surface area contributed by atoms with Gasteiger partial charge in [-0.25, -0.2) is 0 Å². The molecule has 1 saturated carbocycles. The van der Waals surface area contributed by atoms with Crippen LogP contribution in [0.5, 0.6) is 0 Å². The van der Waals surface area contributed by atoms with Crippen LogP contribution in [0.25, 0.3) is 0 Å². The minimum Gasteiger partial charge on any atom is -0.368 e. The minimum absolute atomic E-state index is 0.0597. The average molecular weight is 347 g/mol. The van der Waals surface area contributed by atoms with E-state index in [4.69, 9.17) is 4.74 Å². The first-order valence-corrected chi connectivity index (χ1v) is 9.00. The summed E-state index contributed by atoms with van der Waals surface area (Å²) >= 11 is 0. The van der Waals surface area contributed by atoms with Crippen molar-refractivity contribution in [1.29, 1.82) is 0 Å². The summed E-state index contributed by atoms with van der Waals surface area (Å²) in [4.78, 5) is 28.6. The first-order valence-electron chi connectivity index (χ1n) is 9.00. The minimum atomic E-state index is -0.353. The van der Waals surface area contributed by atoms with Gasteiger partial charge in [0.05, 0.1) is 19.7 Å². The zero-order valence-corrected chi connectivity index (χ0v) is 14.5. The van der Waals surface area contributed by atoms with Crippen molar-refractivity contribution in [3.05, 3.63) is 18.0 Å². The van der Waals surface area contributed by atoms with Gasteiger partial charge in [-0.3, -0.25) is 19.6 Å². The number of amides is 2. The van der Waals surface area contributed by atoms with Crippen LogP contribution in [0.4, 0.5) is 0 Å². The molecule has 2 aliphatic heterocycles. The molecular formula is C17H25N5O3. The number of nitrogens with zero attached hydrogens (tertiary/aromatic N) is 3. The van der Waals surface area contributed by atoms with Crippen LogP contribution in [0.3, 0.4) is 0 Å². The van der Waals surface area contributed by atoms with Crippen molar-refractivity contribution in [1.82, 2.24) is 25.3 Å². The molecule has 2 amide bonds. The Hall–Kier alpha value is -1.93. The Kier molecular flexibility index (Phi) is 4.24. The molecule has 1 spiro atoms. The van der Waals surface area contributed by atoms with Crippen molar-refractivity contribution >= 4 is 11.8 Å². The molecule has 1 aromatic rings. The largest absolute Gasteiger partial charge is 0.368 e. The lowest BCUT2D eigenvalue weighted by Gasteiger charge is -2.54. The van der Waals surface area contributed by atoms with E-state index < -0.39 is 0 Å². The van der Waals surface area contributed by atoms with Gasteiger partial charge < -0.3 is 15.0 Å². The molecule has 4 rings (SSSR count). The molecule has 3 aliphatic rings. The maximum absolute atomic E-state index is 12.5. The summed E-state index contributed by atoms with van der Waals surface area (Å²) in [6, 6.07) is 1.75. The molecule has 1 aliphatic carbocycles. The molecule has 0 radical (unpaired) electrons. The topological polar surface area (TPSA) is 90.6 Å². The molecular weight excluding hydrogens is 322 g/mol. The summed E-state index contributed by atoms with van der Waals surface area (Å²) < 4.78 is 6.05. The Morgan fingerprint density at radius 3 is 2.72 bits per heavy atom. The van der Waals surface area contributed by atoms with E-state index in [1.807, 2.05) is 7.05 Å². The van der Waals surface area contributed by atoms with E-state index in [1.54, 1.807) is 17.2 Å². The number of morpholine rings is 1. The second kappa shape index (κ2) is 6.42. The fourth-order valence-electron chi connectivity index (χ4n) is 4.17. The summed E-state index contributed by atoms with van der Waals surface area (Å²) in [6.45, 7) is 2.13. The van der Waals surface area contributed by atoms with Gasteiger partial charge in [0.1, 0.15) is 17.3 Å². The van der Waals surface area contributed by atoms with Crippen molar-refractivity contribution in [3.8, 4) is 0 Å². The maximum Gasteiger partial charge on any atom is 0.272 e. The standard InChI is InChI=1S/C17H25N5O3/c1-21-9-17(10-22(11-17)16(24)13-6-7-18-20-13)25-8-14(21)15(23)19-12-4-2-3-5-12/h6-7,12,14H,2-5,8-11H2,1H3,(H,18,20)(H,19,23)/t14-/m0/s1. The number of aromatic amines is 1. The zero-order chi connectivity index (χ0) is 17.4. The summed E-state index contributed by atoms with van der Waals surface area (Å²) in [5.41, 5.74) is 0.141. The molecule has 0 bridgehead atoms. The van der Waals surface area contributed by atoms with Gasteiger partial charge in [-0.2, -0.15) is 5.10 Å². The van der Waals surface area contributed by atoms with Gasteiger partial charge >= 0.3 is 0 Å². The molecule has 8 heteroatoms. The summed E-state index contributed by atoms with van der Waals surface area (Å²) in [6.07, 6.45) is 6.13. The van der Waals surface area contributed by atoms with Crippen LogP contribution in [-0.4, -0.2) is 82.8 Å². The number of nitrogens with one attached hydrogen (secondary N) is 2. The maximum atomic E-state index is 12.5. The van der Waals surface area contributed by atoms with Crippen molar-refractivity contribution in [2.45, 2.75) is 43.4 Å². The van der Waals surface area contributed by atoms with E-state index >= 15 is 0 Å². The second-order valence-corrected chi connectivity index (χ2v) is 7.55. The first kappa shape index (κ1) is 16.5. The monoisotopic (exact) mass is 347 g/mol. The Morgan fingerprint density at radius 1 is 1.32 bits per heavy atom. The third-order valence-corrected chi connectivity index (χ3v) is 5.60. The molecule has 1 aromatic heterocycles. The van der Waals surface area contributed by atoms with Crippen LogP contribution < -0.4 is 5.32 Å². The van der Waals surface area contributed by atoms with Crippen LogP contribution in [0.2, 0.25) is 0 Å². The Labute approximate surface area is 146 Å². The number of carbonyl (C=O) groups excluding carboxylic acids is 2. The number of rotatable bonds is 3. The smallest absolute Gasteiger partial charge is 0.272 e. The number of carbonyl (C=O) groups is 2. The van der Waals surface area contributed by atoms with E-state index in [0.717, 1.165) is 12.8 Å². The fourth-order valence-corrected chi connectivity index (χ4v) is 4.17. The molecule has 25 heavy (non-hydrogen) atoms. The van der Waals surface area contributed by atoms with Gasteiger partial charge in [-0.15, -0.1) is 0 Å². The highest BCUT2D eigenvalue weighted by molar-refractivity contribution is 5.93. The highest BCUT2D eigenvalue weighted by Gasteiger charge is 2.51. The molecule has 136 valence electrons. The third kappa shape index (κ3) is 3.16. The number of hydrogen-bond acceptors (Lipinski definition) is 5. The average Bonchev–Trinajstić information content (AvgIpc) is 3.25. The van der Waals surface area contributed by atoms with Crippen LogP contribution in [0.15, 0.2) is 12.3 Å². The number of likely N-dealkylation sites (N-methyl/N-ethyl adjacent to an activating group) is 1.